The van der Waals surface area contributed by atoms with Gasteiger partial charge in [0.1, 0.15) is 5.75 Å². The van der Waals surface area contributed by atoms with E-state index in [9.17, 15) is 13.5 Å². The van der Waals surface area contributed by atoms with E-state index in [-0.39, 0.29) is 11.8 Å². The Kier molecular flexibility index (Phi) is 4.53. The van der Waals surface area contributed by atoms with Crippen LogP contribution in [0.5, 0.6) is 0 Å². The molecule has 0 fully saturated rings. The lowest BCUT2D eigenvalue weighted by molar-refractivity contribution is 0.157. The van der Waals surface area contributed by atoms with Crippen molar-refractivity contribution in [3.05, 3.63) is 35.4 Å². The Morgan fingerprint density at radius 3 is 2.44 bits per heavy atom. The molecular formula is C13H20O4S. The van der Waals surface area contributed by atoms with Crippen molar-refractivity contribution in [1.82, 2.24) is 0 Å². The molecule has 0 saturated carbocycles. The van der Waals surface area contributed by atoms with Gasteiger partial charge in [-0.1, -0.05) is 43.7 Å². The van der Waals surface area contributed by atoms with Crippen molar-refractivity contribution < 1.29 is 18.1 Å². The third kappa shape index (κ3) is 4.76. The third-order valence-corrected chi connectivity index (χ3v) is 3.75. The number of aliphatic hydroxyl groups excluding tert-OH is 1. The van der Waals surface area contributed by atoms with Gasteiger partial charge in [0, 0.05) is 0 Å². The summed E-state index contributed by atoms with van der Waals surface area (Å²) in [6.45, 7) is 5.86. The van der Waals surface area contributed by atoms with Crippen LogP contribution >= 0.6 is 0 Å². The van der Waals surface area contributed by atoms with Crippen molar-refractivity contribution in [2.75, 3.05) is 5.75 Å². The van der Waals surface area contributed by atoms with Crippen LogP contribution in [0.3, 0.4) is 0 Å². The average molecular weight is 272 g/mol. The summed E-state index contributed by atoms with van der Waals surface area (Å²) >= 11 is 0. The lowest BCUT2D eigenvalue weighted by Crippen LogP contribution is -2.29. The maximum absolute atomic E-state index is 10.7. The maximum atomic E-state index is 10.7. The highest BCUT2D eigenvalue weighted by Crippen LogP contribution is 2.29. The van der Waals surface area contributed by atoms with Crippen LogP contribution in [0.25, 0.3) is 0 Å². The summed E-state index contributed by atoms with van der Waals surface area (Å²) < 4.78 is 30.1. The number of aliphatic hydroxyl groups is 1. The molecule has 5 heteroatoms. The van der Waals surface area contributed by atoms with E-state index in [1.54, 1.807) is 0 Å². The molecule has 0 aliphatic rings. The predicted octanol–water partition coefficient (Wildman–Crippen LogP) is 1.91. The second-order valence-electron chi connectivity index (χ2n) is 5.36. The molecule has 1 atom stereocenters. The highest BCUT2D eigenvalue weighted by molar-refractivity contribution is 7.85. The van der Waals surface area contributed by atoms with Crippen LogP contribution in [0.2, 0.25) is 0 Å². The summed E-state index contributed by atoms with van der Waals surface area (Å²) in [5, 5.41) is 9.71. The van der Waals surface area contributed by atoms with Gasteiger partial charge in [-0.2, -0.15) is 8.42 Å². The van der Waals surface area contributed by atoms with Crippen LogP contribution in [0.1, 0.15) is 31.4 Å². The second-order valence-corrected chi connectivity index (χ2v) is 6.86. The molecule has 0 saturated heterocycles. The van der Waals surface area contributed by atoms with Crippen molar-refractivity contribution in [3.8, 4) is 0 Å². The summed E-state index contributed by atoms with van der Waals surface area (Å²) in [5.74, 6) is -0.623. The molecule has 0 bridgehead atoms. The summed E-state index contributed by atoms with van der Waals surface area (Å²) in [4.78, 5) is 0. The van der Waals surface area contributed by atoms with E-state index < -0.39 is 22.0 Å². The minimum absolute atomic E-state index is 0.274. The molecular weight excluding hydrogens is 252 g/mol. The van der Waals surface area contributed by atoms with Crippen LogP contribution in [0, 0.1) is 6.92 Å². The van der Waals surface area contributed by atoms with Crippen molar-refractivity contribution in [3.63, 3.8) is 0 Å². The Morgan fingerprint density at radius 2 is 1.94 bits per heavy atom. The van der Waals surface area contributed by atoms with E-state index in [4.69, 9.17) is 4.55 Å². The first-order valence-corrected chi connectivity index (χ1v) is 7.41. The van der Waals surface area contributed by atoms with Crippen LogP contribution in [0.15, 0.2) is 24.3 Å². The highest BCUT2D eigenvalue weighted by atomic mass is 32.2. The largest absolute Gasteiger partial charge is 0.392 e. The Labute approximate surface area is 108 Å². The first-order chi connectivity index (χ1) is 8.10. The topological polar surface area (TPSA) is 74.6 Å². The van der Waals surface area contributed by atoms with Crippen molar-refractivity contribution in [1.29, 1.82) is 0 Å². The summed E-state index contributed by atoms with van der Waals surface area (Å²) in [5.41, 5.74) is 1.80. The lowest BCUT2D eigenvalue weighted by atomic mass is 9.79. The Hall–Kier alpha value is -0.910. The zero-order chi connectivity index (χ0) is 14.0. The van der Waals surface area contributed by atoms with Crippen LogP contribution < -0.4 is 0 Å². The van der Waals surface area contributed by atoms with Gasteiger partial charge in [-0.25, -0.2) is 0 Å². The number of rotatable bonds is 5. The fourth-order valence-electron chi connectivity index (χ4n) is 2.07. The molecule has 1 unspecified atom stereocenters. The number of hydrogen-bond donors (Lipinski definition) is 2. The molecule has 18 heavy (non-hydrogen) atoms. The molecule has 0 radical (unpaired) electrons. The molecule has 0 spiro atoms. The van der Waals surface area contributed by atoms with E-state index in [0.29, 0.717) is 0 Å². The van der Waals surface area contributed by atoms with E-state index >= 15 is 0 Å². The van der Waals surface area contributed by atoms with Crippen molar-refractivity contribution >= 4 is 10.1 Å². The zero-order valence-electron chi connectivity index (χ0n) is 10.9. The number of benzene rings is 1. The van der Waals surface area contributed by atoms with Gasteiger partial charge in [-0.15, -0.1) is 0 Å². The third-order valence-electron chi connectivity index (χ3n) is 2.95. The monoisotopic (exact) mass is 272 g/mol. The Bertz CT molecular complexity index is 505. The summed E-state index contributed by atoms with van der Waals surface area (Å²) in [6.07, 6.45) is -0.800. The molecule has 0 aliphatic carbocycles. The second kappa shape index (κ2) is 5.38. The molecule has 2 N–H and O–H groups in total. The van der Waals surface area contributed by atoms with Crippen LogP contribution in [-0.4, -0.2) is 29.9 Å². The molecule has 0 heterocycles. The van der Waals surface area contributed by atoms with Gasteiger partial charge in [0.2, 0.25) is 0 Å². The quantitative estimate of drug-likeness (QED) is 0.803. The first kappa shape index (κ1) is 15.1. The molecule has 1 aromatic rings. The highest BCUT2D eigenvalue weighted by Gasteiger charge is 2.26. The van der Waals surface area contributed by atoms with Gasteiger partial charge in [0.15, 0.2) is 0 Å². The minimum atomic E-state index is -4.14. The zero-order valence-corrected chi connectivity index (χ0v) is 11.7. The Balaban J connectivity index is 2.82. The Morgan fingerprint density at radius 1 is 1.33 bits per heavy atom. The summed E-state index contributed by atoms with van der Waals surface area (Å²) in [7, 11) is -4.14. The van der Waals surface area contributed by atoms with Crippen molar-refractivity contribution in [2.45, 2.75) is 38.7 Å². The lowest BCUT2D eigenvalue weighted by Gasteiger charge is -2.28. The summed E-state index contributed by atoms with van der Waals surface area (Å²) in [6, 6.07) is 7.88. The normalized spacial score (nSPS) is 14.5. The molecule has 1 rings (SSSR count). The fraction of sp³-hybridized carbons (Fsp3) is 0.538. The van der Waals surface area contributed by atoms with Gasteiger partial charge >= 0.3 is 0 Å². The molecule has 0 aliphatic heterocycles. The van der Waals surface area contributed by atoms with Gasteiger partial charge in [-0.05, 0) is 24.3 Å². The smallest absolute Gasteiger partial charge is 0.267 e. The van der Waals surface area contributed by atoms with Gasteiger partial charge < -0.3 is 5.11 Å². The van der Waals surface area contributed by atoms with E-state index in [0.717, 1.165) is 11.1 Å². The van der Waals surface area contributed by atoms with Gasteiger partial charge in [0.25, 0.3) is 10.1 Å². The molecule has 1 aromatic carbocycles. The van der Waals surface area contributed by atoms with Gasteiger partial charge in [-0.3, -0.25) is 4.55 Å². The maximum Gasteiger partial charge on any atom is 0.267 e. The van der Waals surface area contributed by atoms with Crippen molar-refractivity contribution in [2.24, 2.45) is 0 Å². The fourth-order valence-corrected chi connectivity index (χ4v) is 2.68. The standard InChI is InChI=1S/C13H20O4S/c1-10-5-4-6-11(7-10)13(2,3)8-12(14)9-18(15,16)17/h4-7,12,14H,8-9H2,1-3H3,(H,15,16,17). The predicted molar refractivity (Wildman–Crippen MR) is 71.2 cm³/mol. The van der Waals surface area contributed by atoms with E-state index in [2.05, 4.69) is 0 Å². The number of aryl methyl sites for hydroxylation is 1. The molecule has 0 aromatic heterocycles. The van der Waals surface area contributed by atoms with Crippen LogP contribution in [-0.2, 0) is 15.5 Å². The molecule has 0 amide bonds. The molecule has 102 valence electrons. The first-order valence-electron chi connectivity index (χ1n) is 5.80. The molecule has 4 nitrogen and oxygen atoms in total. The van der Waals surface area contributed by atoms with E-state index in [1.807, 2.05) is 45.0 Å². The number of hydrogen-bond acceptors (Lipinski definition) is 3. The minimum Gasteiger partial charge on any atom is -0.392 e. The van der Waals surface area contributed by atoms with Crippen LogP contribution in [0.4, 0.5) is 0 Å². The van der Waals surface area contributed by atoms with E-state index in [1.165, 1.54) is 0 Å². The van der Waals surface area contributed by atoms with Gasteiger partial charge in [0.05, 0.1) is 6.10 Å². The average Bonchev–Trinajstić information content (AvgIpc) is 2.13. The SMILES string of the molecule is Cc1cccc(C(C)(C)CC(O)CS(=O)(=O)O)c1.